The fraction of sp³-hybridized carbons (Fsp3) is 0.500. The average Bonchev–Trinajstić information content (AvgIpc) is 2.95. The topological polar surface area (TPSA) is 77.8 Å². The molecule has 0 bridgehead atoms. The molecule has 2 unspecified atom stereocenters. The molecule has 2 atom stereocenters. The molecule has 3 rings (SSSR count). The standard InChI is InChI=1S/C14H18N4O/c1-8-6-10(7-9(2)16-8)13-17-14(19-18-13)11-4-3-5-12(11)15/h6-7,11-12H,3-5,15H2,1-2H3. The molecule has 0 aliphatic heterocycles. The van der Waals surface area contributed by atoms with Crippen LogP contribution in [0, 0.1) is 13.8 Å². The van der Waals surface area contributed by atoms with Crippen molar-refractivity contribution in [3.05, 3.63) is 29.4 Å². The summed E-state index contributed by atoms with van der Waals surface area (Å²) in [4.78, 5) is 8.86. The number of hydrogen-bond donors (Lipinski definition) is 1. The van der Waals surface area contributed by atoms with Gasteiger partial charge in [0, 0.05) is 23.0 Å². The van der Waals surface area contributed by atoms with E-state index in [1.54, 1.807) is 0 Å². The monoisotopic (exact) mass is 258 g/mol. The molecular weight excluding hydrogens is 240 g/mol. The van der Waals surface area contributed by atoms with Crippen LogP contribution >= 0.6 is 0 Å². The van der Waals surface area contributed by atoms with E-state index < -0.39 is 0 Å². The van der Waals surface area contributed by atoms with Crippen molar-refractivity contribution in [2.75, 3.05) is 0 Å². The summed E-state index contributed by atoms with van der Waals surface area (Å²) in [6.45, 7) is 3.93. The third kappa shape index (κ3) is 2.38. The summed E-state index contributed by atoms with van der Waals surface area (Å²) in [6.07, 6.45) is 3.21. The number of nitrogens with zero attached hydrogens (tertiary/aromatic N) is 3. The van der Waals surface area contributed by atoms with Gasteiger partial charge in [-0.2, -0.15) is 4.98 Å². The van der Waals surface area contributed by atoms with E-state index in [0.29, 0.717) is 11.7 Å². The summed E-state index contributed by atoms with van der Waals surface area (Å²) in [5.41, 5.74) is 8.93. The normalized spacial score (nSPS) is 22.9. The molecule has 2 N–H and O–H groups in total. The summed E-state index contributed by atoms with van der Waals surface area (Å²) >= 11 is 0. The van der Waals surface area contributed by atoms with E-state index in [9.17, 15) is 0 Å². The Morgan fingerprint density at radius 1 is 1.16 bits per heavy atom. The van der Waals surface area contributed by atoms with Crippen molar-refractivity contribution in [2.24, 2.45) is 5.73 Å². The summed E-state index contributed by atoms with van der Waals surface area (Å²) < 4.78 is 5.39. The summed E-state index contributed by atoms with van der Waals surface area (Å²) in [6, 6.07) is 4.08. The first kappa shape index (κ1) is 12.3. The van der Waals surface area contributed by atoms with Gasteiger partial charge in [0.25, 0.3) is 0 Å². The molecule has 0 radical (unpaired) electrons. The summed E-state index contributed by atoms with van der Waals surface area (Å²) in [7, 11) is 0. The second kappa shape index (κ2) is 4.74. The molecule has 2 heterocycles. The van der Waals surface area contributed by atoms with Gasteiger partial charge in [0.05, 0.1) is 5.92 Å². The van der Waals surface area contributed by atoms with Crippen LogP contribution in [0.15, 0.2) is 16.7 Å². The number of hydrogen-bond acceptors (Lipinski definition) is 5. The van der Waals surface area contributed by atoms with Crippen LogP contribution < -0.4 is 5.73 Å². The van der Waals surface area contributed by atoms with Crippen LogP contribution in [0.25, 0.3) is 11.4 Å². The Bertz CT molecular complexity index is 573. The van der Waals surface area contributed by atoms with Gasteiger partial charge >= 0.3 is 0 Å². The van der Waals surface area contributed by atoms with Crippen LogP contribution in [0.2, 0.25) is 0 Å². The van der Waals surface area contributed by atoms with Crippen LogP contribution in [0.5, 0.6) is 0 Å². The molecule has 2 aromatic rings. The Morgan fingerprint density at radius 2 is 1.89 bits per heavy atom. The van der Waals surface area contributed by atoms with Crippen molar-refractivity contribution in [3.63, 3.8) is 0 Å². The van der Waals surface area contributed by atoms with Crippen molar-refractivity contribution in [1.82, 2.24) is 15.1 Å². The highest BCUT2D eigenvalue weighted by Gasteiger charge is 2.30. The lowest BCUT2D eigenvalue weighted by molar-refractivity contribution is 0.345. The minimum atomic E-state index is 0.147. The Labute approximate surface area is 112 Å². The second-order valence-corrected chi connectivity index (χ2v) is 5.30. The Kier molecular flexibility index (Phi) is 3.06. The SMILES string of the molecule is Cc1cc(-c2noc(C3CCCC3N)n2)cc(C)n1. The minimum Gasteiger partial charge on any atom is -0.339 e. The van der Waals surface area contributed by atoms with Gasteiger partial charge in [-0.25, -0.2) is 0 Å². The van der Waals surface area contributed by atoms with Crippen molar-refractivity contribution < 1.29 is 4.52 Å². The number of aromatic nitrogens is 3. The zero-order valence-electron chi connectivity index (χ0n) is 11.3. The first-order valence-electron chi connectivity index (χ1n) is 6.68. The zero-order chi connectivity index (χ0) is 13.4. The van der Waals surface area contributed by atoms with E-state index in [2.05, 4.69) is 15.1 Å². The molecule has 5 nitrogen and oxygen atoms in total. The van der Waals surface area contributed by atoms with E-state index in [1.165, 1.54) is 0 Å². The molecule has 1 aliphatic rings. The molecular formula is C14H18N4O. The van der Waals surface area contributed by atoms with E-state index in [-0.39, 0.29) is 12.0 Å². The number of pyridine rings is 1. The van der Waals surface area contributed by atoms with Gasteiger partial charge < -0.3 is 10.3 Å². The van der Waals surface area contributed by atoms with Gasteiger partial charge in [0.15, 0.2) is 0 Å². The predicted octanol–water partition coefficient (Wildman–Crippen LogP) is 2.34. The first-order valence-corrected chi connectivity index (χ1v) is 6.68. The quantitative estimate of drug-likeness (QED) is 0.894. The molecule has 0 saturated heterocycles. The van der Waals surface area contributed by atoms with Crippen LogP contribution in [0.4, 0.5) is 0 Å². The molecule has 0 amide bonds. The van der Waals surface area contributed by atoms with Crippen molar-refractivity contribution in [2.45, 2.75) is 45.1 Å². The largest absolute Gasteiger partial charge is 0.339 e. The highest BCUT2D eigenvalue weighted by atomic mass is 16.5. The second-order valence-electron chi connectivity index (χ2n) is 5.30. The van der Waals surface area contributed by atoms with Crippen molar-refractivity contribution >= 4 is 0 Å². The Morgan fingerprint density at radius 3 is 2.53 bits per heavy atom. The fourth-order valence-corrected chi connectivity index (χ4v) is 2.76. The molecule has 1 aliphatic carbocycles. The van der Waals surface area contributed by atoms with Gasteiger partial charge in [0.1, 0.15) is 0 Å². The lowest BCUT2D eigenvalue weighted by Gasteiger charge is -2.08. The lowest BCUT2D eigenvalue weighted by atomic mass is 10.1. The van der Waals surface area contributed by atoms with Gasteiger partial charge in [-0.15, -0.1) is 0 Å². The third-order valence-electron chi connectivity index (χ3n) is 3.67. The van der Waals surface area contributed by atoms with Crippen LogP contribution in [-0.4, -0.2) is 21.2 Å². The smallest absolute Gasteiger partial charge is 0.231 e. The molecule has 100 valence electrons. The zero-order valence-corrected chi connectivity index (χ0v) is 11.3. The number of aryl methyl sites for hydroxylation is 2. The van der Waals surface area contributed by atoms with Gasteiger partial charge in [0.2, 0.25) is 11.7 Å². The Balaban J connectivity index is 1.92. The number of rotatable bonds is 2. The average molecular weight is 258 g/mol. The highest BCUT2D eigenvalue weighted by Crippen LogP contribution is 2.33. The minimum absolute atomic E-state index is 0.147. The van der Waals surface area contributed by atoms with Crippen LogP contribution in [0.3, 0.4) is 0 Å². The molecule has 0 aromatic carbocycles. The maximum absolute atomic E-state index is 6.07. The van der Waals surface area contributed by atoms with Crippen LogP contribution in [0.1, 0.15) is 42.5 Å². The molecule has 1 saturated carbocycles. The maximum atomic E-state index is 6.07. The first-order chi connectivity index (χ1) is 9.13. The Hall–Kier alpha value is -1.75. The maximum Gasteiger partial charge on any atom is 0.231 e. The lowest BCUT2D eigenvalue weighted by Crippen LogP contribution is -2.22. The van der Waals surface area contributed by atoms with Gasteiger partial charge in [-0.3, -0.25) is 4.98 Å². The highest BCUT2D eigenvalue weighted by molar-refractivity contribution is 5.55. The number of nitrogens with two attached hydrogens (primary N) is 1. The summed E-state index contributed by atoms with van der Waals surface area (Å²) in [5, 5.41) is 4.08. The van der Waals surface area contributed by atoms with Gasteiger partial charge in [-0.05, 0) is 38.8 Å². The van der Waals surface area contributed by atoms with Crippen LogP contribution in [-0.2, 0) is 0 Å². The van der Waals surface area contributed by atoms with E-state index in [1.807, 2.05) is 26.0 Å². The van der Waals surface area contributed by atoms with Gasteiger partial charge in [-0.1, -0.05) is 11.6 Å². The molecule has 0 spiro atoms. The van der Waals surface area contributed by atoms with Crippen molar-refractivity contribution in [3.8, 4) is 11.4 Å². The molecule has 1 fully saturated rings. The van der Waals surface area contributed by atoms with Crippen molar-refractivity contribution in [1.29, 1.82) is 0 Å². The molecule has 5 heteroatoms. The predicted molar refractivity (Wildman–Crippen MR) is 71.6 cm³/mol. The molecule has 19 heavy (non-hydrogen) atoms. The van der Waals surface area contributed by atoms with E-state index in [4.69, 9.17) is 10.3 Å². The molecule has 2 aromatic heterocycles. The third-order valence-corrected chi connectivity index (χ3v) is 3.67. The van der Waals surface area contributed by atoms with E-state index in [0.717, 1.165) is 36.2 Å². The fourth-order valence-electron chi connectivity index (χ4n) is 2.76. The van der Waals surface area contributed by atoms with E-state index >= 15 is 0 Å². The summed E-state index contributed by atoms with van der Waals surface area (Å²) in [5.74, 6) is 1.51.